The zero-order valence-corrected chi connectivity index (χ0v) is 18.1. The van der Waals surface area contributed by atoms with Gasteiger partial charge in [0.2, 0.25) is 0 Å². The summed E-state index contributed by atoms with van der Waals surface area (Å²) in [5, 5.41) is 3.79. The largest absolute Gasteiger partial charge is 0.490 e. The topological polar surface area (TPSA) is 30.5 Å². The second kappa shape index (κ2) is 9.21. The van der Waals surface area contributed by atoms with E-state index in [9.17, 15) is 0 Å². The summed E-state index contributed by atoms with van der Waals surface area (Å²) in [6.45, 7) is 6.87. The van der Waals surface area contributed by atoms with Crippen molar-refractivity contribution in [1.82, 2.24) is 5.32 Å². The Morgan fingerprint density at radius 1 is 0.931 bits per heavy atom. The summed E-state index contributed by atoms with van der Waals surface area (Å²) in [5.41, 5.74) is 2.53. The third kappa shape index (κ3) is 5.14. The Bertz CT molecular complexity index is 781. The van der Waals surface area contributed by atoms with Crippen LogP contribution in [0.5, 0.6) is 11.5 Å². The predicted octanol–water partition coefficient (Wildman–Crippen LogP) is 6.08. The number of benzene rings is 2. The Kier molecular flexibility index (Phi) is 6.44. The second-order valence-corrected chi connectivity index (χ2v) is 9.12. The first-order valence-electron chi connectivity index (χ1n) is 11.4. The second-order valence-electron chi connectivity index (χ2n) is 9.12. The van der Waals surface area contributed by atoms with E-state index in [0.717, 1.165) is 37.2 Å². The lowest BCUT2D eigenvalue weighted by Gasteiger charge is -2.33. The SMILES string of the molecule is CC(C)C(C)NC1CCC(Oc2ccc3c(c2)CCC(c2ccccc2)O3)CC1. The molecule has 1 N–H and O–H groups in total. The standard InChI is InChI=1S/C26H35NO2/c1-18(2)19(3)27-22-10-12-23(13-11-22)28-24-14-16-26-21(17-24)9-15-25(29-26)20-7-5-4-6-8-20/h4-8,14,16-19,22-23,25,27H,9-13,15H2,1-3H3. The zero-order chi connectivity index (χ0) is 20.2. The van der Waals surface area contributed by atoms with E-state index in [2.05, 4.69) is 74.6 Å². The van der Waals surface area contributed by atoms with Gasteiger partial charge in [-0.25, -0.2) is 0 Å². The molecule has 3 heteroatoms. The molecular formula is C26H35NO2. The number of nitrogens with one attached hydrogen (secondary N) is 1. The number of rotatable bonds is 6. The van der Waals surface area contributed by atoms with Crippen LogP contribution in [0.25, 0.3) is 0 Å². The Hall–Kier alpha value is -2.00. The molecule has 2 atom stereocenters. The van der Waals surface area contributed by atoms with Crippen LogP contribution in [0.1, 0.15) is 70.1 Å². The molecule has 4 rings (SSSR count). The summed E-state index contributed by atoms with van der Waals surface area (Å²) in [6.07, 6.45) is 7.22. The van der Waals surface area contributed by atoms with Gasteiger partial charge in [-0.15, -0.1) is 0 Å². The molecule has 2 aromatic rings. The summed E-state index contributed by atoms with van der Waals surface area (Å²) >= 11 is 0. The molecule has 0 amide bonds. The molecule has 0 saturated heterocycles. The van der Waals surface area contributed by atoms with E-state index in [0.29, 0.717) is 24.1 Å². The van der Waals surface area contributed by atoms with Crippen LogP contribution in [0.15, 0.2) is 48.5 Å². The summed E-state index contributed by atoms with van der Waals surface area (Å²) in [7, 11) is 0. The van der Waals surface area contributed by atoms with Gasteiger partial charge < -0.3 is 14.8 Å². The van der Waals surface area contributed by atoms with Gasteiger partial charge in [-0.05, 0) is 80.7 Å². The van der Waals surface area contributed by atoms with Crippen molar-refractivity contribution in [2.75, 3.05) is 0 Å². The van der Waals surface area contributed by atoms with E-state index in [1.54, 1.807) is 0 Å². The van der Waals surface area contributed by atoms with E-state index >= 15 is 0 Å². The molecule has 1 fully saturated rings. The van der Waals surface area contributed by atoms with Gasteiger partial charge in [0.05, 0.1) is 6.10 Å². The van der Waals surface area contributed by atoms with Gasteiger partial charge in [0, 0.05) is 12.1 Å². The highest BCUT2D eigenvalue weighted by Gasteiger charge is 2.25. The highest BCUT2D eigenvalue weighted by Crippen LogP contribution is 2.37. The average molecular weight is 394 g/mol. The van der Waals surface area contributed by atoms with Crippen LogP contribution in [-0.2, 0) is 6.42 Å². The van der Waals surface area contributed by atoms with E-state index < -0.39 is 0 Å². The van der Waals surface area contributed by atoms with Crippen molar-refractivity contribution in [2.45, 2.75) is 83.6 Å². The molecule has 0 bridgehead atoms. The van der Waals surface area contributed by atoms with Gasteiger partial charge in [0.1, 0.15) is 17.6 Å². The third-order valence-electron chi connectivity index (χ3n) is 6.62. The molecule has 1 saturated carbocycles. The maximum atomic E-state index is 6.35. The lowest BCUT2D eigenvalue weighted by molar-refractivity contribution is 0.133. The van der Waals surface area contributed by atoms with E-state index in [1.807, 2.05) is 0 Å². The number of hydrogen-bond donors (Lipinski definition) is 1. The lowest BCUT2D eigenvalue weighted by atomic mass is 9.91. The summed E-state index contributed by atoms with van der Waals surface area (Å²) in [4.78, 5) is 0. The quantitative estimate of drug-likeness (QED) is 0.645. The van der Waals surface area contributed by atoms with Crippen molar-refractivity contribution < 1.29 is 9.47 Å². The third-order valence-corrected chi connectivity index (χ3v) is 6.62. The molecule has 0 aromatic heterocycles. The minimum absolute atomic E-state index is 0.159. The van der Waals surface area contributed by atoms with Crippen LogP contribution in [-0.4, -0.2) is 18.2 Å². The molecule has 3 nitrogen and oxygen atoms in total. The molecule has 0 spiro atoms. The molecule has 2 aromatic carbocycles. The summed E-state index contributed by atoms with van der Waals surface area (Å²) < 4.78 is 12.6. The molecule has 2 unspecified atom stereocenters. The van der Waals surface area contributed by atoms with Crippen molar-refractivity contribution in [3.8, 4) is 11.5 Å². The van der Waals surface area contributed by atoms with E-state index in [-0.39, 0.29) is 6.10 Å². The smallest absolute Gasteiger partial charge is 0.124 e. The van der Waals surface area contributed by atoms with E-state index in [1.165, 1.54) is 24.0 Å². The summed E-state index contributed by atoms with van der Waals surface area (Å²) in [5.74, 6) is 2.69. The van der Waals surface area contributed by atoms with Gasteiger partial charge in [-0.3, -0.25) is 0 Å². The zero-order valence-electron chi connectivity index (χ0n) is 18.1. The Balaban J connectivity index is 1.31. The fraction of sp³-hybridized carbons (Fsp3) is 0.538. The molecule has 1 heterocycles. The molecular weight excluding hydrogens is 358 g/mol. The monoisotopic (exact) mass is 393 g/mol. The van der Waals surface area contributed by atoms with Crippen molar-refractivity contribution >= 4 is 0 Å². The van der Waals surface area contributed by atoms with Crippen molar-refractivity contribution in [1.29, 1.82) is 0 Å². The molecule has 29 heavy (non-hydrogen) atoms. The van der Waals surface area contributed by atoms with Crippen molar-refractivity contribution in [3.05, 3.63) is 59.7 Å². The Morgan fingerprint density at radius 3 is 2.41 bits per heavy atom. The van der Waals surface area contributed by atoms with Crippen LogP contribution in [0.2, 0.25) is 0 Å². The number of hydrogen-bond acceptors (Lipinski definition) is 3. The highest BCUT2D eigenvalue weighted by molar-refractivity contribution is 5.42. The molecule has 1 aliphatic heterocycles. The van der Waals surface area contributed by atoms with Crippen LogP contribution < -0.4 is 14.8 Å². The first-order chi connectivity index (χ1) is 14.1. The lowest BCUT2D eigenvalue weighted by Crippen LogP contribution is -2.42. The number of fused-ring (bicyclic) bond motifs is 1. The predicted molar refractivity (Wildman–Crippen MR) is 119 cm³/mol. The normalized spacial score (nSPS) is 25.2. The van der Waals surface area contributed by atoms with Crippen LogP contribution in [0, 0.1) is 5.92 Å². The van der Waals surface area contributed by atoms with Gasteiger partial charge >= 0.3 is 0 Å². The number of ether oxygens (including phenoxy) is 2. The van der Waals surface area contributed by atoms with Crippen LogP contribution >= 0.6 is 0 Å². The molecule has 2 aliphatic rings. The van der Waals surface area contributed by atoms with Gasteiger partial charge in [-0.2, -0.15) is 0 Å². The average Bonchev–Trinajstić information content (AvgIpc) is 2.75. The minimum atomic E-state index is 0.159. The van der Waals surface area contributed by atoms with Gasteiger partial charge in [0.15, 0.2) is 0 Å². The van der Waals surface area contributed by atoms with Crippen molar-refractivity contribution in [2.24, 2.45) is 5.92 Å². The summed E-state index contributed by atoms with van der Waals surface area (Å²) in [6, 6.07) is 18.1. The first-order valence-corrected chi connectivity index (χ1v) is 11.4. The maximum absolute atomic E-state index is 6.35. The van der Waals surface area contributed by atoms with Crippen LogP contribution in [0.4, 0.5) is 0 Å². The first kappa shape index (κ1) is 20.3. The number of aryl methyl sites for hydroxylation is 1. The fourth-order valence-electron chi connectivity index (χ4n) is 4.44. The molecule has 156 valence electrons. The molecule has 0 radical (unpaired) electrons. The fourth-order valence-corrected chi connectivity index (χ4v) is 4.44. The maximum Gasteiger partial charge on any atom is 0.124 e. The van der Waals surface area contributed by atoms with Crippen molar-refractivity contribution in [3.63, 3.8) is 0 Å². The molecule has 1 aliphatic carbocycles. The van der Waals surface area contributed by atoms with E-state index in [4.69, 9.17) is 9.47 Å². The van der Waals surface area contributed by atoms with Gasteiger partial charge in [-0.1, -0.05) is 44.2 Å². The Labute approximate surface area is 175 Å². The minimum Gasteiger partial charge on any atom is -0.490 e. The van der Waals surface area contributed by atoms with Crippen LogP contribution in [0.3, 0.4) is 0 Å². The van der Waals surface area contributed by atoms with Gasteiger partial charge in [0.25, 0.3) is 0 Å². The Morgan fingerprint density at radius 2 is 1.69 bits per heavy atom. The highest BCUT2D eigenvalue weighted by atomic mass is 16.5.